The first-order chi connectivity index (χ1) is 8.18. The quantitative estimate of drug-likeness (QED) is 0.747. The van der Waals surface area contributed by atoms with E-state index in [1.54, 1.807) is 0 Å². The number of rotatable bonds is 7. The summed E-state index contributed by atoms with van der Waals surface area (Å²) in [4.78, 5) is 11.4. The summed E-state index contributed by atoms with van der Waals surface area (Å²) in [5, 5.41) is 5.82. The number of hydrogen-bond donors (Lipinski definition) is 2. The number of benzene rings is 1. The largest absolute Gasteiger partial charge is 0.377 e. The molecule has 0 bridgehead atoms. The van der Waals surface area contributed by atoms with E-state index in [0.29, 0.717) is 13.2 Å². The molecule has 0 atom stereocenters. The molecular weight excluding hydrogens is 252 g/mol. The minimum atomic E-state index is -0.0267. The van der Waals surface area contributed by atoms with Gasteiger partial charge in [0.25, 0.3) is 0 Å². The van der Waals surface area contributed by atoms with Crippen molar-refractivity contribution in [3.05, 3.63) is 30.3 Å². The van der Waals surface area contributed by atoms with Crippen molar-refractivity contribution in [2.75, 3.05) is 25.0 Å². The number of carbonyl (C=O) groups is 1. The first-order valence-electron chi connectivity index (χ1n) is 5.85. The van der Waals surface area contributed by atoms with E-state index in [4.69, 9.17) is 4.74 Å². The minimum absolute atomic E-state index is 0. The van der Waals surface area contributed by atoms with Crippen LogP contribution in [-0.2, 0) is 9.53 Å². The second-order valence-electron chi connectivity index (χ2n) is 3.99. The Hall–Kier alpha value is -1.26. The van der Waals surface area contributed by atoms with E-state index in [1.807, 2.05) is 44.2 Å². The molecule has 0 saturated heterocycles. The van der Waals surface area contributed by atoms with Crippen LogP contribution < -0.4 is 10.6 Å². The van der Waals surface area contributed by atoms with Gasteiger partial charge in [-0.25, -0.2) is 0 Å². The SMILES string of the molecule is CC(C)OCCNC(=O)CNc1ccccc1.Cl. The van der Waals surface area contributed by atoms with Gasteiger partial charge in [-0.1, -0.05) is 18.2 Å². The Labute approximate surface area is 115 Å². The second-order valence-corrected chi connectivity index (χ2v) is 3.99. The smallest absolute Gasteiger partial charge is 0.239 e. The van der Waals surface area contributed by atoms with Crippen LogP contribution in [0.5, 0.6) is 0 Å². The first-order valence-corrected chi connectivity index (χ1v) is 5.85. The summed E-state index contributed by atoms with van der Waals surface area (Å²) in [6.07, 6.45) is 0.203. The Morgan fingerprint density at radius 3 is 2.56 bits per heavy atom. The van der Waals surface area contributed by atoms with E-state index in [1.165, 1.54) is 0 Å². The Morgan fingerprint density at radius 1 is 1.28 bits per heavy atom. The lowest BCUT2D eigenvalue weighted by Crippen LogP contribution is -2.32. The van der Waals surface area contributed by atoms with Crippen LogP contribution >= 0.6 is 12.4 Å². The summed E-state index contributed by atoms with van der Waals surface area (Å²) in [6.45, 7) is 5.32. The number of amides is 1. The van der Waals surface area contributed by atoms with Gasteiger partial charge in [0.05, 0.1) is 19.3 Å². The average Bonchev–Trinajstić information content (AvgIpc) is 2.33. The van der Waals surface area contributed by atoms with Crippen LogP contribution in [0.2, 0.25) is 0 Å². The molecule has 1 aromatic rings. The summed E-state index contributed by atoms with van der Waals surface area (Å²) in [7, 11) is 0. The van der Waals surface area contributed by atoms with E-state index >= 15 is 0 Å². The Kier molecular flexibility index (Phi) is 9.06. The standard InChI is InChI=1S/C13H20N2O2.ClH/c1-11(2)17-9-8-14-13(16)10-15-12-6-4-3-5-7-12;/h3-7,11,15H,8-10H2,1-2H3,(H,14,16);1H. The molecule has 4 nitrogen and oxygen atoms in total. The van der Waals surface area contributed by atoms with Gasteiger partial charge in [0.2, 0.25) is 5.91 Å². The molecule has 0 aliphatic heterocycles. The van der Waals surface area contributed by atoms with Gasteiger partial charge in [-0.2, -0.15) is 0 Å². The van der Waals surface area contributed by atoms with Crippen molar-refractivity contribution in [3.8, 4) is 0 Å². The third-order valence-corrected chi connectivity index (χ3v) is 2.10. The lowest BCUT2D eigenvalue weighted by atomic mass is 10.3. The molecule has 102 valence electrons. The van der Waals surface area contributed by atoms with Crippen LogP contribution in [0.15, 0.2) is 30.3 Å². The Bertz CT molecular complexity index is 331. The van der Waals surface area contributed by atoms with Crippen LogP contribution in [0.4, 0.5) is 5.69 Å². The van der Waals surface area contributed by atoms with Gasteiger partial charge in [-0.3, -0.25) is 4.79 Å². The summed E-state index contributed by atoms with van der Waals surface area (Å²) >= 11 is 0. The summed E-state index contributed by atoms with van der Waals surface area (Å²) in [6, 6.07) is 9.65. The van der Waals surface area contributed by atoms with Crippen molar-refractivity contribution < 1.29 is 9.53 Å². The van der Waals surface area contributed by atoms with Crippen molar-refractivity contribution in [2.24, 2.45) is 0 Å². The predicted octanol–water partition coefficient (Wildman–Crippen LogP) is 2.06. The molecule has 1 amide bonds. The maximum Gasteiger partial charge on any atom is 0.239 e. The lowest BCUT2D eigenvalue weighted by molar-refractivity contribution is -0.119. The second kappa shape index (κ2) is 9.74. The molecule has 0 fully saturated rings. The molecule has 0 unspecified atom stereocenters. The lowest BCUT2D eigenvalue weighted by Gasteiger charge is -2.09. The zero-order valence-electron chi connectivity index (χ0n) is 10.8. The molecule has 1 aromatic carbocycles. The number of anilines is 1. The number of halogens is 1. The van der Waals surface area contributed by atoms with Gasteiger partial charge in [-0.05, 0) is 26.0 Å². The Balaban J connectivity index is 0.00000289. The molecule has 0 heterocycles. The van der Waals surface area contributed by atoms with Crippen molar-refractivity contribution in [1.29, 1.82) is 0 Å². The van der Waals surface area contributed by atoms with Crippen molar-refractivity contribution >= 4 is 24.0 Å². The monoisotopic (exact) mass is 272 g/mol. The zero-order valence-corrected chi connectivity index (χ0v) is 11.6. The van der Waals surface area contributed by atoms with E-state index in [9.17, 15) is 4.79 Å². The highest BCUT2D eigenvalue weighted by Gasteiger charge is 2.00. The van der Waals surface area contributed by atoms with Crippen molar-refractivity contribution in [2.45, 2.75) is 20.0 Å². The fraction of sp³-hybridized carbons (Fsp3) is 0.462. The topological polar surface area (TPSA) is 50.4 Å². The predicted molar refractivity (Wildman–Crippen MR) is 76.3 cm³/mol. The highest BCUT2D eigenvalue weighted by atomic mass is 35.5. The number of hydrogen-bond acceptors (Lipinski definition) is 3. The number of ether oxygens (including phenoxy) is 1. The number of nitrogens with one attached hydrogen (secondary N) is 2. The minimum Gasteiger partial charge on any atom is -0.377 e. The maximum absolute atomic E-state index is 11.4. The van der Waals surface area contributed by atoms with Crippen LogP contribution in [0.25, 0.3) is 0 Å². The number of carbonyl (C=O) groups excluding carboxylic acids is 1. The van der Waals surface area contributed by atoms with E-state index in [0.717, 1.165) is 5.69 Å². The van der Waals surface area contributed by atoms with Crippen molar-refractivity contribution in [3.63, 3.8) is 0 Å². The molecule has 1 rings (SSSR count). The van der Waals surface area contributed by atoms with E-state index < -0.39 is 0 Å². The summed E-state index contributed by atoms with van der Waals surface area (Å²) < 4.78 is 5.32. The molecule has 5 heteroatoms. The molecular formula is C13H21ClN2O2. The van der Waals surface area contributed by atoms with Crippen LogP contribution in [0.1, 0.15) is 13.8 Å². The van der Waals surface area contributed by atoms with Gasteiger partial charge < -0.3 is 15.4 Å². The molecule has 0 aliphatic rings. The van der Waals surface area contributed by atoms with Gasteiger partial charge in [-0.15, -0.1) is 12.4 Å². The molecule has 0 spiro atoms. The molecule has 18 heavy (non-hydrogen) atoms. The molecule has 0 aliphatic carbocycles. The fourth-order valence-electron chi connectivity index (χ4n) is 1.29. The van der Waals surface area contributed by atoms with Gasteiger partial charge in [0.1, 0.15) is 0 Å². The summed E-state index contributed by atoms with van der Waals surface area (Å²) in [5.41, 5.74) is 0.945. The van der Waals surface area contributed by atoms with Gasteiger partial charge in [0.15, 0.2) is 0 Å². The zero-order chi connectivity index (χ0) is 12.5. The van der Waals surface area contributed by atoms with Crippen LogP contribution in [-0.4, -0.2) is 31.7 Å². The molecule has 0 aromatic heterocycles. The fourth-order valence-corrected chi connectivity index (χ4v) is 1.29. The van der Waals surface area contributed by atoms with Crippen LogP contribution in [0, 0.1) is 0 Å². The van der Waals surface area contributed by atoms with E-state index in [-0.39, 0.29) is 31.0 Å². The van der Waals surface area contributed by atoms with Crippen LogP contribution in [0.3, 0.4) is 0 Å². The van der Waals surface area contributed by atoms with Gasteiger partial charge in [0, 0.05) is 12.2 Å². The highest BCUT2D eigenvalue weighted by molar-refractivity contribution is 5.85. The first kappa shape index (κ1) is 16.7. The Morgan fingerprint density at radius 2 is 1.94 bits per heavy atom. The van der Waals surface area contributed by atoms with E-state index in [2.05, 4.69) is 10.6 Å². The summed E-state index contributed by atoms with van der Waals surface area (Å²) in [5.74, 6) is -0.0267. The van der Waals surface area contributed by atoms with Crippen molar-refractivity contribution in [1.82, 2.24) is 5.32 Å². The molecule has 2 N–H and O–H groups in total. The number of para-hydroxylation sites is 1. The maximum atomic E-state index is 11.4. The van der Waals surface area contributed by atoms with Gasteiger partial charge >= 0.3 is 0 Å². The third kappa shape index (κ3) is 7.92. The molecule has 0 saturated carbocycles. The normalized spacial score (nSPS) is 9.72. The highest BCUT2D eigenvalue weighted by Crippen LogP contribution is 2.03. The molecule has 0 radical (unpaired) electrons. The average molecular weight is 273 g/mol. The third-order valence-electron chi connectivity index (χ3n) is 2.10.